The number of benzene rings is 1. The van der Waals surface area contributed by atoms with E-state index in [0.29, 0.717) is 25.3 Å². The molecule has 0 radical (unpaired) electrons. The molecule has 0 heterocycles. The van der Waals surface area contributed by atoms with E-state index in [1.54, 1.807) is 0 Å². The highest BCUT2D eigenvalue weighted by atomic mass is 19.4. The first-order valence-corrected chi connectivity index (χ1v) is 6.58. The fraction of sp³-hybridized carbons (Fsp3) is 0.571. The van der Waals surface area contributed by atoms with Gasteiger partial charge in [-0.1, -0.05) is 18.9 Å². The van der Waals surface area contributed by atoms with Crippen molar-refractivity contribution in [3.63, 3.8) is 0 Å². The lowest BCUT2D eigenvalue weighted by Crippen LogP contribution is -2.39. The summed E-state index contributed by atoms with van der Waals surface area (Å²) in [5, 5.41) is 0. The third-order valence-corrected chi connectivity index (χ3v) is 4.02. The van der Waals surface area contributed by atoms with Crippen LogP contribution in [0.4, 0.5) is 22.0 Å². The van der Waals surface area contributed by atoms with Gasteiger partial charge in [0.2, 0.25) is 0 Å². The Kier molecular flexibility index (Phi) is 4.32. The highest BCUT2D eigenvalue weighted by molar-refractivity contribution is 5.23. The zero-order valence-electron chi connectivity index (χ0n) is 10.8. The van der Waals surface area contributed by atoms with Crippen molar-refractivity contribution in [2.45, 2.75) is 37.9 Å². The standard InChI is InChI=1S/C14H16F5N/c15-8-5-6-10(12(16)7-8)13(20)9-3-1-2-4-11(9)14(17,18)19/h5-7,9,11,13H,1-4,20H2. The third kappa shape index (κ3) is 3.11. The lowest BCUT2D eigenvalue weighted by atomic mass is 9.73. The minimum absolute atomic E-state index is 0.0185. The average molecular weight is 293 g/mol. The van der Waals surface area contributed by atoms with Crippen molar-refractivity contribution < 1.29 is 22.0 Å². The molecule has 20 heavy (non-hydrogen) atoms. The maximum atomic E-state index is 13.7. The first-order valence-electron chi connectivity index (χ1n) is 6.58. The Morgan fingerprint density at radius 1 is 1.10 bits per heavy atom. The highest BCUT2D eigenvalue weighted by Gasteiger charge is 2.47. The molecule has 2 N–H and O–H groups in total. The molecule has 6 heteroatoms. The van der Waals surface area contributed by atoms with E-state index in [4.69, 9.17) is 5.73 Å². The first-order chi connectivity index (χ1) is 9.30. The third-order valence-electron chi connectivity index (χ3n) is 4.02. The lowest BCUT2D eigenvalue weighted by Gasteiger charge is -2.36. The van der Waals surface area contributed by atoms with Crippen LogP contribution in [0, 0.1) is 23.5 Å². The van der Waals surface area contributed by atoms with Crippen LogP contribution in [0.2, 0.25) is 0 Å². The second kappa shape index (κ2) is 5.68. The van der Waals surface area contributed by atoms with Gasteiger partial charge in [-0.25, -0.2) is 8.78 Å². The largest absolute Gasteiger partial charge is 0.392 e. The van der Waals surface area contributed by atoms with Crippen molar-refractivity contribution in [1.82, 2.24) is 0 Å². The molecule has 1 fully saturated rings. The Bertz CT molecular complexity index is 471. The van der Waals surface area contributed by atoms with E-state index < -0.39 is 35.7 Å². The van der Waals surface area contributed by atoms with E-state index >= 15 is 0 Å². The zero-order chi connectivity index (χ0) is 14.9. The van der Waals surface area contributed by atoms with Crippen molar-refractivity contribution in [2.75, 3.05) is 0 Å². The van der Waals surface area contributed by atoms with Gasteiger partial charge in [-0.2, -0.15) is 13.2 Å². The van der Waals surface area contributed by atoms with Crippen molar-refractivity contribution in [3.8, 4) is 0 Å². The summed E-state index contributed by atoms with van der Waals surface area (Å²) in [6, 6.07) is 1.74. The van der Waals surface area contributed by atoms with E-state index in [-0.39, 0.29) is 12.0 Å². The number of alkyl halides is 3. The molecule has 3 atom stereocenters. The van der Waals surface area contributed by atoms with E-state index in [9.17, 15) is 22.0 Å². The van der Waals surface area contributed by atoms with Gasteiger partial charge in [-0.15, -0.1) is 0 Å². The molecule has 0 spiro atoms. The molecule has 0 saturated heterocycles. The molecule has 1 aliphatic rings. The van der Waals surface area contributed by atoms with Crippen LogP contribution in [0.25, 0.3) is 0 Å². The minimum Gasteiger partial charge on any atom is -0.324 e. The molecule has 0 aliphatic heterocycles. The summed E-state index contributed by atoms with van der Waals surface area (Å²) in [7, 11) is 0. The van der Waals surface area contributed by atoms with Crippen LogP contribution in [0.5, 0.6) is 0 Å². The summed E-state index contributed by atoms with van der Waals surface area (Å²) in [6.45, 7) is 0. The Morgan fingerprint density at radius 2 is 1.75 bits per heavy atom. The van der Waals surface area contributed by atoms with Crippen LogP contribution >= 0.6 is 0 Å². The molecule has 1 aromatic rings. The summed E-state index contributed by atoms with van der Waals surface area (Å²) in [6.07, 6.45) is -2.86. The molecule has 3 unspecified atom stereocenters. The van der Waals surface area contributed by atoms with Crippen LogP contribution in [0.1, 0.15) is 37.3 Å². The number of nitrogens with two attached hydrogens (primary N) is 1. The van der Waals surface area contributed by atoms with Gasteiger partial charge in [0.1, 0.15) is 11.6 Å². The van der Waals surface area contributed by atoms with E-state index in [1.807, 2.05) is 0 Å². The summed E-state index contributed by atoms with van der Waals surface area (Å²) >= 11 is 0. The fourth-order valence-electron chi connectivity index (χ4n) is 3.00. The Balaban J connectivity index is 2.27. The van der Waals surface area contributed by atoms with Gasteiger partial charge in [0.05, 0.1) is 5.92 Å². The van der Waals surface area contributed by atoms with Crippen molar-refractivity contribution in [3.05, 3.63) is 35.4 Å². The number of halogens is 5. The molecule has 2 rings (SSSR count). The van der Waals surface area contributed by atoms with Crippen LogP contribution in [0.3, 0.4) is 0 Å². The normalized spacial score (nSPS) is 25.5. The number of rotatable bonds is 2. The van der Waals surface area contributed by atoms with Gasteiger partial charge < -0.3 is 5.73 Å². The molecule has 0 amide bonds. The van der Waals surface area contributed by atoms with E-state index in [1.165, 1.54) is 0 Å². The number of hydrogen-bond donors (Lipinski definition) is 1. The zero-order valence-corrected chi connectivity index (χ0v) is 10.8. The summed E-state index contributed by atoms with van der Waals surface area (Å²) in [5.74, 6) is -4.03. The van der Waals surface area contributed by atoms with E-state index in [0.717, 1.165) is 12.1 Å². The maximum absolute atomic E-state index is 13.7. The second-order valence-electron chi connectivity index (χ2n) is 5.29. The molecular weight excluding hydrogens is 277 g/mol. The monoisotopic (exact) mass is 293 g/mol. The van der Waals surface area contributed by atoms with Gasteiger partial charge in [0.15, 0.2) is 0 Å². The van der Waals surface area contributed by atoms with Gasteiger partial charge in [0.25, 0.3) is 0 Å². The van der Waals surface area contributed by atoms with Crippen LogP contribution < -0.4 is 5.73 Å². The molecule has 112 valence electrons. The lowest BCUT2D eigenvalue weighted by molar-refractivity contribution is -0.198. The van der Waals surface area contributed by atoms with Gasteiger partial charge in [-0.3, -0.25) is 0 Å². The molecule has 1 aromatic carbocycles. The first kappa shape index (κ1) is 15.2. The average Bonchev–Trinajstić information content (AvgIpc) is 2.37. The predicted octanol–water partition coefficient (Wildman–Crippen LogP) is 4.33. The second-order valence-corrected chi connectivity index (χ2v) is 5.29. The fourth-order valence-corrected chi connectivity index (χ4v) is 3.00. The van der Waals surface area contributed by atoms with Gasteiger partial charge in [0, 0.05) is 17.7 Å². The molecule has 1 saturated carbocycles. The quantitative estimate of drug-likeness (QED) is 0.807. The summed E-state index contributed by atoms with van der Waals surface area (Å²) in [4.78, 5) is 0. The summed E-state index contributed by atoms with van der Waals surface area (Å²) < 4.78 is 65.6. The molecule has 0 aromatic heterocycles. The Labute approximate surface area is 114 Å². The molecular formula is C14H16F5N. The van der Waals surface area contributed by atoms with Crippen molar-refractivity contribution in [2.24, 2.45) is 17.6 Å². The van der Waals surface area contributed by atoms with Crippen LogP contribution in [0.15, 0.2) is 18.2 Å². The highest BCUT2D eigenvalue weighted by Crippen LogP contribution is 2.46. The maximum Gasteiger partial charge on any atom is 0.392 e. The molecule has 1 nitrogen and oxygen atoms in total. The summed E-state index contributed by atoms with van der Waals surface area (Å²) in [5.41, 5.74) is 5.80. The Hall–Kier alpha value is -1.17. The van der Waals surface area contributed by atoms with Gasteiger partial charge in [-0.05, 0) is 24.8 Å². The van der Waals surface area contributed by atoms with Crippen molar-refractivity contribution in [1.29, 1.82) is 0 Å². The van der Waals surface area contributed by atoms with Crippen LogP contribution in [-0.4, -0.2) is 6.18 Å². The van der Waals surface area contributed by atoms with Gasteiger partial charge >= 0.3 is 6.18 Å². The minimum atomic E-state index is -4.33. The van der Waals surface area contributed by atoms with E-state index in [2.05, 4.69) is 0 Å². The Morgan fingerprint density at radius 3 is 2.35 bits per heavy atom. The molecule has 0 bridgehead atoms. The smallest absolute Gasteiger partial charge is 0.324 e. The SMILES string of the molecule is NC(c1ccc(F)cc1F)C1CCCCC1C(F)(F)F. The predicted molar refractivity (Wildman–Crippen MR) is 64.8 cm³/mol. The molecule has 1 aliphatic carbocycles. The topological polar surface area (TPSA) is 26.0 Å². The van der Waals surface area contributed by atoms with Crippen molar-refractivity contribution >= 4 is 0 Å². The van der Waals surface area contributed by atoms with Crippen LogP contribution in [-0.2, 0) is 0 Å². The number of hydrogen-bond acceptors (Lipinski definition) is 1.